The molecule has 1 aliphatic heterocycles. The predicted octanol–water partition coefficient (Wildman–Crippen LogP) is 4.32. The first-order valence-corrected chi connectivity index (χ1v) is 8.65. The molecular weight excluding hydrogens is 324 g/mol. The maximum Gasteiger partial charge on any atom is 0.251 e. The van der Waals surface area contributed by atoms with Gasteiger partial charge in [0.15, 0.2) is 0 Å². The number of carbonyl (C=O) groups excluding carboxylic acids is 1. The number of methoxy groups -OCH3 is 1. The maximum absolute atomic E-state index is 12.8. The standard InChI is InChI=1S/C22H20N2O2/c1-26-19-9-10-20-21(15-19)24(13-12-23-20)22(25)11-7-16-6-8-17-4-2-3-5-18(17)14-16/h2-11,14-15,23H,12-13H2,1H3. The van der Waals surface area contributed by atoms with Crippen LogP contribution in [0.25, 0.3) is 16.8 Å². The van der Waals surface area contributed by atoms with Crippen molar-refractivity contribution >= 4 is 34.1 Å². The van der Waals surface area contributed by atoms with Gasteiger partial charge in [-0.2, -0.15) is 0 Å². The predicted molar refractivity (Wildman–Crippen MR) is 107 cm³/mol. The number of anilines is 2. The SMILES string of the molecule is COc1ccc2c(c1)N(C(=O)C=Cc1ccc3ccccc3c1)CCN2. The maximum atomic E-state index is 12.8. The van der Waals surface area contributed by atoms with Gasteiger partial charge in [-0.1, -0.05) is 36.4 Å². The van der Waals surface area contributed by atoms with E-state index in [9.17, 15) is 4.79 Å². The largest absolute Gasteiger partial charge is 0.497 e. The minimum atomic E-state index is -0.0332. The molecule has 0 spiro atoms. The van der Waals surface area contributed by atoms with E-state index >= 15 is 0 Å². The lowest BCUT2D eigenvalue weighted by molar-refractivity contribution is -0.114. The van der Waals surface area contributed by atoms with Crippen molar-refractivity contribution in [2.24, 2.45) is 0 Å². The number of nitrogens with zero attached hydrogens (tertiary/aromatic N) is 1. The third-order valence-electron chi connectivity index (χ3n) is 4.60. The van der Waals surface area contributed by atoms with Crippen molar-refractivity contribution in [3.63, 3.8) is 0 Å². The average Bonchev–Trinajstić information content (AvgIpc) is 2.71. The number of carbonyl (C=O) groups is 1. The Labute approximate surface area is 152 Å². The summed E-state index contributed by atoms with van der Waals surface area (Å²) in [6.07, 6.45) is 3.51. The Morgan fingerprint density at radius 2 is 1.92 bits per heavy atom. The molecule has 1 amide bonds. The summed E-state index contributed by atoms with van der Waals surface area (Å²) in [5.41, 5.74) is 2.81. The van der Waals surface area contributed by atoms with Crippen molar-refractivity contribution in [1.29, 1.82) is 0 Å². The van der Waals surface area contributed by atoms with Crippen LogP contribution in [0.1, 0.15) is 5.56 Å². The summed E-state index contributed by atoms with van der Waals surface area (Å²) in [7, 11) is 1.63. The molecule has 0 aromatic heterocycles. The highest BCUT2D eigenvalue weighted by Crippen LogP contribution is 2.33. The van der Waals surface area contributed by atoms with E-state index in [1.54, 1.807) is 18.1 Å². The van der Waals surface area contributed by atoms with Gasteiger partial charge in [-0.3, -0.25) is 4.79 Å². The quantitative estimate of drug-likeness (QED) is 0.720. The first kappa shape index (κ1) is 16.2. The van der Waals surface area contributed by atoms with Crippen LogP contribution in [-0.4, -0.2) is 26.1 Å². The number of amides is 1. The first-order chi connectivity index (χ1) is 12.7. The van der Waals surface area contributed by atoms with Crippen LogP contribution in [0.15, 0.2) is 66.7 Å². The molecule has 0 saturated heterocycles. The zero-order valence-electron chi connectivity index (χ0n) is 14.6. The number of hydrogen-bond donors (Lipinski definition) is 1. The molecule has 4 heteroatoms. The van der Waals surface area contributed by atoms with Crippen LogP contribution in [0.4, 0.5) is 11.4 Å². The molecule has 0 bridgehead atoms. The van der Waals surface area contributed by atoms with Crippen LogP contribution in [0.3, 0.4) is 0 Å². The van der Waals surface area contributed by atoms with Crippen LogP contribution in [0.5, 0.6) is 5.75 Å². The first-order valence-electron chi connectivity index (χ1n) is 8.65. The minimum absolute atomic E-state index is 0.0332. The molecule has 0 radical (unpaired) electrons. The van der Waals surface area contributed by atoms with Gasteiger partial charge in [0.05, 0.1) is 18.5 Å². The molecule has 4 nitrogen and oxygen atoms in total. The molecule has 0 saturated carbocycles. The Morgan fingerprint density at radius 1 is 1.08 bits per heavy atom. The molecule has 0 unspecified atom stereocenters. The molecule has 1 heterocycles. The molecule has 0 fully saturated rings. The number of benzene rings is 3. The highest BCUT2D eigenvalue weighted by atomic mass is 16.5. The Morgan fingerprint density at radius 3 is 2.77 bits per heavy atom. The zero-order chi connectivity index (χ0) is 17.9. The Kier molecular flexibility index (Phi) is 4.32. The van der Waals surface area contributed by atoms with Gasteiger partial charge in [0.25, 0.3) is 5.91 Å². The van der Waals surface area contributed by atoms with Crippen LogP contribution in [0, 0.1) is 0 Å². The summed E-state index contributed by atoms with van der Waals surface area (Å²) >= 11 is 0. The lowest BCUT2D eigenvalue weighted by Crippen LogP contribution is -2.37. The smallest absolute Gasteiger partial charge is 0.251 e. The highest BCUT2D eigenvalue weighted by Gasteiger charge is 2.21. The summed E-state index contributed by atoms with van der Waals surface area (Å²) in [4.78, 5) is 14.6. The van der Waals surface area contributed by atoms with Gasteiger partial charge in [-0.15, -0.1) is 0 Å². The van der Waals surface area contributed by atoms with E-state index in [4.69, 9.17) is 4.74 Å². The lowest BCUT2D eigenvalue weighted by Gasteiger charge is -2.29. The van der Waals surface area contributed by atoms with E-state index in [1.807, 2.05) is 42.5 Å². The van der Waals surface area contributed by atoms with Gasteiger partial charge >= 0.3 is 0 Å². The molecule has 0 atom stereocenters. The van der Waals surface area contributed by atoms with Crippen LogP contribution in [0.2, 0.25) is 0 Å². The average molecular weight is 344 g/mol. The van der Waals surface area contributed by atoms with Gasteiger partial charge in [-0.05, 0) is 40.6 Å². The monoisotopic (exact) mass is 344 g/mol. The van der Waals surface area contributed by atoms with E-state index in [0.717, 1.165) is 29.2 Å². The Bertz CT molecular complexity index is 994. The number of fused-ring (bicyclic) bond motifs is 2. The number of rotatable bonds is 3. The van der Waals surface area contributed by atoms with E-state index in [0.29, 0.717) is 6.54 Å². The molecule has 1 N–H and O–H groups in total. The van der Waals surface area contributed by atoms with Crippen molar-refractivity contribution in [2.45, 2.75) is 0 Å². The van der Waals surface area contributed by atoms with E-state index in [-0.39, 0.29) is 5.91 Å². The minimum Gasteiger partial charge on any atom is -0.497 e. The van der Waals surface area contributed by atoms with Crippen molar-refractivity contribution in [1.82, 2.24) is 0 Å². The molecular formula is C22H20N2O2. The van der Waals surface area contributed by atoms with Gasteiger partial charge in [-0.25, -0.2) is 0 Å². The Hall–Kier alpha value is -3.27. The van der Waals surface area contributed by atoms with Gasteiger partial charge in [0.2, 0.25) is 0 Å². The molecule has 3 aromatic carbocycles. The zero-order valence-corrected chi connectivity index (χ0v) is 14.6. The fraction of sp³-hybridized carbons (Fsp3) is 0.136. The summed E-state index contributed by atoms with van der Waals surface area (Å²) in [5, 5.41) is 5.68. The fourth-order valence-electron chi connectivity index (χ4n) is 3.23. The second kappa shape index (κ2) is 6.92. The second-order valence-electron chi connectivity index (χ2n) is 6.24. The fourth-order valence-corrected chi connectivity index (χ4v) is 3.23. The second-order valence-corrected chi connectivity index (χ2v) is 6.24. The Balaban J connectivity index is 1.59. The van der Waals surface area contributed by atoms with Crippen LogP contribution < -0.4 is 15.0 Å². The third kappa shape index (κ3) is 3.14. The van der Waals surface area contributed by atoms with Crippen LogP contribution >= 0.6 is 0 Å². The molecule has 1 aliphatic rings. The van der Waals surface area contributed by atoms with E-state index in [1.165, 1.54) is 10.8 Å². The van der Waals surface area contributed by atoms with Crippen molar-refractivity contribution in [3.05, 3.63) is 72.3 Å². The van der Waals surface area contributed by atoms with Gasteiger partial charge in [0.1, 0.15) is 5.75 Å². The summed E-state index contributed by atoms with van der Waals surface area (Å²) in [6.45, 7) is 1.36. The summed E-state index contributed by atoms with van der Waals surface area (Å²) in [6, 6.07) is 20.1. The van der Waals surface area contributed by atoms with E-state index < -0.39 is 0 Å². The normalized spacial score (nSPS) is 13.5. The number of hydrogen-bond acceptors (Lipinski definition) is 3. The van der Waals surface area contributed by atoms with Gasteiger partial charge in [0, 0.05) is 25.2 Å². The van der Waals surface area contributed by atoms with Crippen molar-refractivity contribution < 1.29 is 9.53 Å². The molecule has 26 heavy (non-hydrogen) atoms. The lowest BCUT2D eigenvalue weighted by atomic mass is 10.1. The van der Waals surface area contributed by atoms with Crippen LogP contribution in [-0.2, 0) is 4.79 Å². The molecule has 0 aliphatic carbocycles. The third-order valence-corrected chi connectivity index (χ3v) is 4.60. The van der Waals surface area contributed by atoms with Crippen molar-refractivity contribution in [2.75, 3.05) is 30.4 Å². The molecule has 130 valence electrons. The number of ether oxygens (including phenoxy) is 1. The molecule has 4 rings (SSSR count). The van der Waals surface area contributed by atoms with E-state index in [2.05, 4.69) is 29.6 Å². The highest BCUT2D eigenvalue weighted by molar-refractivity contribution is 6.06. The summed E-state index contributed by atoms with van der Waals surface area (Å²) in [5.74, 6) is 0.706. The summed E-state index contributed by atoms with van der Waals surface area (Å²) < 4.78 is 5.29. The van der Waals surface area contributed by atoms with Gasteiger partial charge < -0.3 is 15.0 Å². The molecule has 3 aromatic rings. The number of nitrogens with one attached hydrogen (secondary N) is 1. The van der Waals surface area contributed by atoms with Crippen molar-refractivity contribution in [3.8, 4) is 5.75 Å². The topological polar surface area (TPSA) is 41.6 Å².